The summed E-state index contributed by atoms with van der Waals surface area (Å²) >= 11 is 1.28. The zero-order chi connectivity index (χ0) is 16.4. The summed E-state index contributed by atoms with van der Waals surface area (Å²) in [5.41, 5.74) is 1.20. The average Bonchev–Trinajstić information content (AvgIpc) is 3.33. The van der Waals surface area contributed by atoms with Crippen molar-refractivity contribution in [1.29, 1.82) is 0 Å². The van der Waals surface area contributed by atoms with E-state index >= 15 is 0 Å². The Morgan fingerprint density at radius 1 is 1.21 bits per heavy atom. The third-order valence-corrected chi connectivity index (χ3v) is 4.12. The summed E-state index contributed by atoms with van der Waals surface area (Å²) in [6, 6.07) is 9.07. The van der Waals surface area contributed by atoms with Crippen LogP contribution in [0.5, 0.6) is 0 Å². The zero-order valence-electron chi connectivity index (χ0n) is 12.3. The Bertz CT molecular complexity index is 1020. The van der Waals surface area contributed by atoms with E-state index in [1.165, 1.54) is 11.3 Å². The number of carbonyl (C=O) groups is 1. The summed E-state index contributed by atoms with van der Waals surface area (Å²) in [6.07, 6.45) is 6.84. The van der Waals surface area contributed by atoms with Gasteiger partial charge in [-0.1, -0.05) is 23.5 Å². The number of nitrogens with zero attached hydrogens (tertiary/aromatic N) is 3. The minimum Gasteiger partial charge on any atom is -0.465 e. The molecule has 0 saturated carbocycles. The highest BCUT2D eigenvalue weighted by Crippen LogP contribution is 2.21. The van der Waals surface area contributed by atoms with Crippen LogP contribution in [-0.4, -0.2) is 26.3 Å². The van der Waals surface area contributed by atoms with E-state index in [1.54, 1.807) is 30.7 Å². The minimum atomic E-state index is -0.262. The van der Waals surface area contributed by atoms with E-state index in [9.17, 15) is 4.79 Å². The minimum absolute atomic E-state index is 0.262. The van der Waals surface area contributed by atoms with Gasteiger partial charge in [0.25, 0.3) is 5.91 Å². The van der Waals surface area contributed by atoms with Crippen molar-refractivity contribution in [3.05, 3.63) is 59.1 Å². The molecule has 0 saturated heterocycles. The fourth-order valence-electron chi connectivity index (χ4n) is 2.21. The lowest BCUT2D eigenvalue weighted by Crippen LogP contribution is -2.12. The van der Waals surface area contributed by atoms with Crippen molar-refractivity contribution >= 4 is 45.4 Å². The lowest BCUT2D eigenvalue weighted by atomic mass is 10.1. The van der Waals surface area contributed by atoms with E-state index < -0.39 is 0 Å². The van der Waals surface area contributed by atoms with Crippen molar-refractivity contribution < 1.29 is 9.21 Å². The molecule has 4 rings (SSSR count). The van der Waals surface area contributed by atoms with E-state index in [0.29, 0.717) is 21.2 Å². The Balaban J connectivity index is 1.51. The summed E-state index contributed by atoms with van der Waals surface area (Å²) < 4.78 is 5.21. The largest absolute Gasteiger partial charge is 0.465 e. The van der Waals surface area contributed by atoms with Crippen LogP contribution in [-0.2, 0) is 0 Å². The van der Waals surface area contributed by atoms with Crippen LogP contribution in [0.1, 0.15) is 21.1 Å². The molecule has 0 aliphatic carbocycles. The Hall–Kier alpha value is -3.26. The van der Waals surface area contributed by atoms with Gasteiger partial charge in [0.15, 0.2) is 0 Å². The summed E-state index contributed by atoms with van der Waals surface area (Å²) in [5, 5.41) is 19.5. The first kappa shape index (κ1) is 14.3. The molecule has 0 aliphatic heterocycles. The highest BCUT2D eigenvalue weighted by molar-refractivity contribution is 7.16. The molecule has 7 nitrogen and oxygen atoms in total. The molecule has 0 spiro atoms. The first-order valence-electron chi connectivity index (χ1n) is 7.08. The van der Waals surface area contributed by atoms with Crippen molar-refractivity contribution in [3.63, 3.8) is 0 Å². The fraction of sp³-hybridized carbons (Fsp3) is 0. The number of benzene rings is 1. The molecule has 1 aromatic carbocycles. The van der Waals surface area contributed by atoms with Crippen molar-refractivity contribution in [2.75, 3.05) is 5.32 Å². The van der Waals surface area contributed by atoms with Crippen LogP contribution in [0.25, 0.3) is 23.1 Å². The Morgan fingerprint density at radius 3 is 3.04 bits per heavy atom. The van der Waals surface area contributed by atoms with Gasteiger partial charge in [-0.2, -0.15) is 5.10 Å². The van der Waals surface area contributed by atoms with Crippen LogP contribution in [0, 0.1) is 0 Å². The van der Waals surface area contributed by atoms with Crippen LogP contribution in [0.2, 0.25) is 0 Å². The number of nitrogens with one attached hydrogen (secondary N) is 2. The lowest BCUT2D eigenvalue weighted by Gasteiger charge is -2.01. The number of fused-ring (bicyclic) bond motifs is 1. The number of amides is 1. The maximum Gasteiger partial charge on any atom is 0.259 e. The normalized spacial score (nSPS) is 11.3. The molecule has 118 valence electrons. The molecule has 1 amide bonds. The molecule has 0 aliphatic rings. The second-order valence-electron chi connectivity index (χ2n) is 4.89. The quantitative estimate of drug-likeness (QED) is 0.594. The molecule has 24 heavy (non-hydrogen) atoms. The van der Waals surface area contributed by atoms with Gasteiger partial charge in [-0.05, 0) is 30.4 Å². The summed E-state index contributed by atoms with van der Waals surface area (Å²) in [6.45, 7) is 0. The van der Waals surface area contributed by atoms with Crippen molar-refractivity contribution in [2.24, 2.45) is 0 Å². The molecular weight excluding hydrogens is 326 g/mol. The first-order chi connectivity index (χ1) is 11.8. The monoisotopic (exact) mass is 337 g/mol. The van der Waals surface area contributed by atoms with Gasteiger partial charge in [-0.3, -0.25) is 15.2 Å². The highest BCUT2D eigenvalue weighted by atomic mass is 32.1. The molecule has 4 aromatic rings. The lowest BCUT2D eigenvalue weighted by molar-refractivity contribution is 0.102. The molecule has 0 atom stereocenters. The van der Waals surface area contributed by atoms with Crippen LogP contribution < -0.4 is 5.32 Å². The van der Waals surface area contributed by atoms with E-state index in [4.69, 9.17) is 4.42 Å². The van der Waals surface area contributed by atoms with Gasteiger partial charge in [0.2, 0.25) is 5.13 Å². The van der Waals surface area contributed by atoms with E-state index in [-0.39, 0.29) is 5.91 Å². The molecule has 0 fully saturated rings. The summed E-state index contributed by atoms with van der Waals surface area (Å²) in [5.74, 6) is 0.462. The van der Waals surface area contributed by atoms with Gasteiger partial charge in [-0.25, -0.2) is 0 Å². The molecular formula is C16H11N5O2S. The molecule has 2 N–H and O–H groups in total. The van der Waals surface area contributed by atoms with Crippen molar-refractivity contribution in [3.8, 4) is 0 Å². The fourth-order valence-corrected chi connectivity index (χ4v) is 2.86. The maximum atomic E-state index is 12.4. The van der Waals surface area contributed by atoms with Crippen LogP contribution in [0.4, 0.5) is 5.13 Å². The van der Waals surface area contributed by atoms with Crippen LogP contribution >= 0.6 is 11.3 Å². The number of hydrogen-bond donors (Lipinski definition) is 2. The molecule has 0 unspecified atom stereocenters. The number of carbonyl (C=O) groups excluding carboxylic acids is 1. The number of anilines is 1. The Labute approximate surface area is 140 Å². The molecule has 8 heteroatoms. The zero-order valence-corrected chi connectivity index (χ0v) is 13.1. The number of aromatic amines is 1. The third kappa shape index (κ3) is 2.82. The van der Waals surface area contributed by atoms with Crippen LogP contribution in [0.15, 0.2) is 47.2 Å². The molecule has 0 bridgehead atoms. The van der Waals surface area contributed by atoms with E-state index in [1.807, 2.05) is 24.3 Å². The number of para-hydroxylation sites is 1. The number of rotatable bonds is 4. The Morgan fingerprint density at radius 2 is 2.17 bits per heavy atom. The van der Waals surface area contributed by atoms with Crippen LogP contribution in [0.3, 0.4) is 0 Å². The Kier molecular flexibility index (Phi) is 3.64. The predicted octanol–water partition coefficient (Wildman–Crippen LogP) is 3.43. The van der Waals surface area contributed by atoms with Crippen molar-refractivity contribution in [2.45, 2.75) is 0 Å². The smallest absolute Gasteiger partial charge is 0.259 e. The molecule has 3 heterocycles. The van der Waals surface area contributed by atoms with Gasteiger partial charge < -0.3 is 4.42 Å². The topological polar surface area (TPSA) is 96.7 Å². The standard InChI is InChI=1S/C16H11N5O2S/c22-15(12-5-1-3-10-9-17-20-14(10)12)18-16-21-19-13(24-16)7-6-11-4-2-8-23-11/h1-9H,(H,17,20)(H,18,21,22). The predicted molar refractivity (Wildman–Crippen MR) is 91.6 cm³/mol. The third-order valence-electron chi connectivity index (χ3n) is 3.32. The number of H-pyrrole nitrogens is 1. The van der Waals surface area contributed by atoms with E-state index in [2.05, 4.69) is 25.7 Å². The number of hydrogen-bond acceptors (Lipinski definition) is 6. The first-order valence-corrected chi connectivity index (χ1v) is 7.90. The van der Waals surface area contributed by atoms with Crippen molar-refractivity contribution in [1.82, 2.24) is 20.4 Å². The van der Waals surface area contributed by atoms with Gasteiger partial charge in [0, 0.05) is 5.39 Å². The average molecular weight is 337 g/mol. The second-order valence-corrected chi connectivity index (χ2v) is 5.90. The maximum absolute atomic E-state index is 12.4. The molecule has 0 radical (unpaired) electrons. The second kappa shape index (κ2) is 6.09. The highest BCUT2D eigenvalue weighted by Gasteiger charge is 2.13. The molecule has 3 aromatic heterocycles. The summed E-state index contributed by atoms with van der Waals surface area (Å²) in [4.78, 5) is 12.4. The SMILES string of the molecule is O=C(Nc1nnc(C=Cc2ccco2)s1)c1cccc2cn[nH]c12. The number of aromatic nitrogens is 4. The van der Waals surface area contributed by atoms with Gasteiger partial charge in [0.1, 0.15) is 10.8 Å². The van der Waals surface area contributed by atoms with Gasteiger partial charge in [-0.15, -0.1) is 10.2 Å². The van der Waals surface area contributed by atoms with E-state index in [0.717, 1.165) is 11.1 Å². The summed E-state index contributed by atoms with van der Waals surface area (Å²) in [7, 11) is 0. The van der Waals surface area contributed by atoms with Gasteiger partial charge in [0.05, 0.1) is 23.5 Å². The number of furan rings is 1. The van der Waals surface area contributed by atoms with Gasteiger partial charge >= 0.3 is 0 Å².